The molecule has 1 N–H and O–H groups in total. The highest BCUT2D eigenvalue weighted by molar-refractivity contribution is 6.09. The number of hydrogen-bond donors (Lipinski definition) is 1. The van der Waals surface area contributed by atoms with Crippen LogP contribution in [0.3, 0.4) is 0 Å². The van der Waals surface area contributed by atoms with Crippen molar-refractivity contribution in [3.8, 4) is 0 Å². The smallest absolute Gasteiger partial charge is 0.325 e. The van der Waals surface area contributed by atoms with Crippen molar-refractivity contribution in [2.45, 2.75) is 64.3 Å². The van der Waals surface area contributed by atoms with Crippen molar-refractivity contribution in [2.24, 2.45) is 11.8 Å². The standard InChI is InChI=1S/C18H29N3O3/c1-3-10-20(11-14-7-8-14)15(22)12-21-16(23)18(19-17(21)24)9-5-4-6-13(18)2/h13-14H,3-12H2,1-2H3,(H,19,24)/t13-,18-/m1/s1. The molecule has 0 aromatic rings. The van der Waals surface area contributed by atoms with Gasteiger partial charge in [0.2, 0.25) is 5.91 Å². The van der Waals surface area contributed by atoms with E-state index in [2.05, 4.69) is 5.32 Å². The highest BCUT2D eigenvalue weighted by atomic mass is 16.2. The van der Waals surface area contributed by atoms with Crippen molar-refractivity contribution >= 4 is 17.8 Å². The summed E-state index contributed by atoms with van der Waals surface area (Å²) >= 11 is 0. The first-order valence-corrected chi connectivity index (χ1v) is 9.40. The second-order valence-corrected chi connectivity index (χ2v) is 7.72. The normalized spacial score (nSPS) is 29.9. The molecule has 24 heavy (non-hydrogen) atoms. The van der Waals surface area contributed by atoms with Crippen LogP contribution in [0.25, 0.3) is 0 Å². The van der Waals surface area contributed by atoms with Gasteiger partial charge >= 0.3 is 6.03 Å². The summed E-state index contributed by atoms with van der Waals surface area (Å²) in [4.78, 5) is 40.9. The number of amides is 4. The summed E-state index contributed by atoms with van der Waals surface area (Å²) in [5, 5.41) is 2.91. The Balaban J connectivity index is 1.68. The highest BCUT2D eigenvalue weighted by Gasteiger charge is 2.55. The minimum absolute atomic E-state index is 0.104. The lowest BCUT2D eigenvalue weighted by atomic mass is 9.73. The minimum atomic E-state index is -0.776. The lowest BCUT2D eigenvalue weighted by Crippen LogP contribution is -2.54. The number of carbonyl (C=O) groups excluding carboxylic acids is 3. The van der Waals surface area contributed by atoms with Gasteiger partial charge in [0.1, 0.15) is 12.1 Å². The number of imide groups is 1. The Bertz CT molecular complexity index is 532. The van der Waals surface area contributed by atoms with Crippen molar-refractivity contribution in [3.63, 3.8) is 0 Å². The molecule has 0 unspecified atom stereocenters. The van der Waals surface area contributed by atoms with Gasteiger partial charge in [-0.1, -0.05) is 26.7 Å². The Morgan fingerprint density at radius 3 is 2.67 bits per heavy atom. The van der Waals surface area contributed by atoms with Crippen molar-refractivity contribution < 1.29 is 14.4 Å². The van der Waals surface area contributed by atoms with E-state index in [1.54, 1.807) is 0 Å². The van der Waals surface area contributed by atoms with Gasteiger partial charge in [-0.15, -0.1) is 0 Å². The van der Waals surface area contributed by atoms with Crippen LogP contribution in [0.15, 0.2) is 0 Å². The molecule has 0 radical (unpaired) electrons. The molecular weight excluding hydrogens is 306 g/mol. The maximum Gasteiger partial charge on any atom is 0.325 e. The summed E-state index contributed by atoms with van der Waals surface area (Å²) in [6.07, 6.45) is 6.91. The van der Waals surface area contributed by atoms with E-state index in [1.807, 2.05) is 18.7 Å². The fourth-order valence-electron chi connectivity index (χ4n) is 4.07. The average Bonchev–Trinajstić information content (AvgIpc) is 3.33. The molecule has 6 nitrogen and oxygen atoms in total. The van der Waals surface area contributed by atoms with E-state index in [4.69, 9.17) is 0 Å². The van der Waals surface area contributed by atoms with Crippen LogP contribution in [0, 0.1) is 11.8 Å². The molecule has 134 valence electrons. The first-order valence-electron chi connectivity index (χ1n) is 9.40. The second kappa shape index (κ2) is 6.73. The zero-order chi connectivity index (χ0) is 17.3. The van der Waals surface area contributed by atoms with E-state index in [1.165, 1.54) is 12.8 Å². The molecule has 2 aliphatic carbocycles. The van der Waals surface area contributed by atoms with Gasteiger partial charge in [0.15, 0.2) is 0 Å². The molecule has 1 heterocycles. The Morgan fingerprint density at radius 2 is 2.04 bits per heavy atom. The Morgan fingerprint density at radius 1 is 1.29 bits per heavy atom. The average molecular weight is 335 g/mol. The summed E-state index contributed by atoms with van der Waals surface area (Å²) in [6, 6.07) is -0.398. The van der Waals surface area contributed by atoms with Gasteiger partial charge in [0, 0.05) is 13.1 Å². The van der Waals surface area contributed by atoms with Gasteiger partial charge in [-0.25, -0.2) is 4.79 Å². The van der Waals surface area contributed by atoms with E-state index in [0.29, 0.717) is 18.9 Å². The highest BCUT2D eigenvalue weighted by Crippen LogP contribution is 2.38. The van der Waals surface area contributed by atoms with E-state index in [9.17, 15) is 14.4 Å². The van der Waals surface area contributed by atoms with Gasteiger partial charge in [-0.2, -0.15) is 0 Å². The monoisotopic (exact) mass is 335 g/mol. The van der Waals surface area contributed by atoms with Crippen LogP contribution in [-0.2, 0) is 9.59 Å². The number of nitrogens with one attached hydrogen (secondary N) is 1. The van der Waals surface area contributed by atoms with Crippen LogP contribution in [0.5, 0.6) is 0 Å². The van der Waals surface area contributed by atoms with Crippen molar-refractivity contribution in [1.29, 1.82) is 0 Å². The van der Waals surface area contributed by atoms with Crippen LogP contribution >= 0.6 is 0 Å². The maximum atomic E-state index is 12.9. The second-order valence-electron chi connectivity index (χ2n) is 7.72. The molecule has 1 spiro atoms. The van der Waals surface area contributed by atoms with Gasteiger partial charge in [-0.3, -0.25) is 14.5 Å². The summed E-state index contributed by atoms with van der Waals surface area (Å²) in [5.41, 5.74) is -0.776. The minimum Gasteiger partial charge on any atom is -0.341 e. The number of urea groups is 1. The quantitative estimate of drug-likeness (QED) is 0.756. The molecular formula is C18H29N3O3. The van der Waals surface area contributed by atoms with Crippen LogP contribution in [-0.4, -0.2) is 52.8 Å². The fourth-order valence-corrected chi connectivity index (χ4v) is 4.07. The van der Waals surface area contributed by atoms with E-state index >= 15 is 0 Å². The Kier molecular flexibility index (Phi) is 4.83. The van der Waals surface area contributed by atoms with Crippen LogP contribution < -0.4 is 5.32 Å². The molecule has 6 heteroatoms. The molecule has 0 aromatic heterocycles. The number of carbonyl (C=O) groups is 3. The van der Waals surface area contributed by atoms with Gasteiger partial charge in [0.05, 0.1) is 0 Å². The SMILES string of the molecule is CCCN(CC1CC1)C(=O)CN1C(=O)N[C@@]2(CCCC[C@H]2C)C1=O. The zero-order valence-electron chi connectivity index (χ0n) is 14.8. The maximum absolute atomic E-state index is 12.9. The molecule has 2 atom stereocenters. The predicted octanol–water partition coefficient (Wildman–Crippen LogP) is 2.14. The van der Waals surface area contributed by atoms with Crippen molar-refractivity contribution in [3.05, 3.63) is 0 Å². The lowest BCUT2D eigenvalue weighted by Gasteiger charge is -2.36. The Labute approximate surface area is 143 Å². The molecule has 3 fully saturated rings. The van der Waals surface area contributed by atoms with Crippen LogP contribution in [0.2, 0.25) is 0 Å². The van der Waals surface area contributed by atoms with E-state index in [0.717, 1.165) is 37.1 Å². The molecule has 0 bridgehead atoms. The number of rotatable bonds is 6. The van der Waals surface area contributed by atoms with E-state index in [-0.39, 0.29) is 24.3 Å². The fraction of sp³-hybridized carbons (Fsp3) is 0.833. The largest absolute Gasteiger partial charge is 0.341 e. The number of nitrogens with zero attached hydrogens (tertiary/aromatic N) is 2. The first-order chi connectivity index (χ1) is 11.5. The summed E-state index contributed by atoms with van der Waals surface area (Å²) < 4.78 is 0. The van der Waals surface area contributed by atoms with Crippen molar-refractivity contribution in [1.82, 2.24) is 15.1 Å². The van der Waals surface area contributed by atoms with Gasteiger partial charge in [-0.05, 0) is 43.9 Å². The van der Waals surface area contributed by atoms with Crippen LogP contribution in [0.4, 0.5) is 4.79 Å². The van der Waals surface area contributed by atoms with Crippen LogP contribution in [0.1, 0.15) is 58.8 Å². The van der Waals surface area contributed by atoms with Gasteiger partial charge in [0.25, 0.3) is 5.91 Å². The molecule has 1 saturated heterocycles. The molecule has 0 aromatic carbocycles. The summed E-state index contributed by atoms with van der Waals surface area (Å²) in [5.74, 6) is 0.429. The first kappa shape index (κ1) is 17.2. The lowest BCUT2D eigenvalue weighted by molar-refractivity contribution is -0.140. The van der Waals surface area contributed by atoms with Gasteiger partial charge < -0.3 is 10.2 Å². The zero-order valence-corrected chi connectivity index (χ0v) is 14.8. The molecule has 4 amide bonds. The Hall–Kier alpha value is -1.59. The van der Waals surface area contributed by atoms with Crippen molar-refractivity contribution in [2.75, 3.05) is 19.6 Å². The third-order valence-electron chi connectivity index (χ3n) is 5.82. The predicted molar refractivity (Wildman–Crippen MR) is 90.2 cm³/mol. The third-order valence-corrected chi connectivity index (χ3v) is 5.82. The topological polar surface area (TPSA) is 69.7 Å². The molecule has 3 rings (SSSR count). The molecule has 3 aliphatic rings. The molecule has 2 saturated carbocycles. The third kappa shape index (κ3) is 3.15. The molecule has 1 aliphatic heterocycles. The summed E-state index contributed by atoms with van der Waals surface area (Å²) in [7, 11) is 0. The number of hydrogen-bond acceptors (Lipinski definition) is 3. The summed E-state index contributed by atoms with van der Waals surface area (Å²) in [6.45, 7) is 5.41. The van der Waals surface area contributed by atoms with E-state index < -0.39 is 11.6 Å².